The Morgan fingerprint density at radius 1 is 1.32 bits per heavy atom. The van der Waals surface area contributed by atoms with Crippen molar-refractivity contribution in [3.63, 3.8) is 0 Å². The zero-order chi connectivity index (χ0) is 14.1. The Labute approximate surface area is 113 Å². The smallest absolute Gasteiger partial charge is 0.274 e. The summed E-state index contributed by atoms with van der Waals surface area (Å²) >= 11 is 0. The van der Waals surface area contributed by atoms with Gasteiger partial charge in [-0.25, -0.2) is 4.99 Å². The molecule has 0 aliphatic carbocycles. The topological polar surface area (TPSA) is 79.6 Å². The summed E-state index contributed by atoms with van der Waals surface area (Å²) < 4.78 is 0. The number of rotatable bonds is 6. The van der Waals surface area contributed by atoms with Crippen molar-refractivity contribution in [3.05, 3.63) is 39.9 Å². The van der Waals surface area contributed by atoms with E-state index in [2.05, 4.69) is 22.5 Å². The minimum atomic E-state index is -0.378. The van der Waals surface area contributed by atoms with E-state index < -0.39 is 0 Å². The van der Waals surface area contributed by atoms with Gasteiger partial charge in [-0.05, 0) is 13.3 Å². The Morgan fingerprint density at radius 3 is 2.68 bits per heavy atom. The van der Waals surface area contributed by atoms with Gasteiger partial charge in [0.05, 0.1) is 17.0 Å². The van der Waals surface area contributed by atoms with E-state index in [1.165, 1.54) is 6.07 Å². The molecule has 0 radical (unpaired) electrons. The van der Waals surface area contributed by atoms with Crippen LogP contribution in [-0.2, 0) is 6.54 Å². The molecular weight excluding hydrogens is 244 g/mol. The number of hydrogen-bond donors (Lipinski definition) is 2. The third kappa shape index (κ3) is 4.95. The van der Waals surface area contributed by atoms with Gasteiger partial charge in [0.25, 0.3) is 5.69 Å². The molecule has 0 amide bonds. The lowest BCUT2D eigenvalue weighted by molar-refractivity contribution is -0.385. The predicted molar refractivity (Wildman–Crippen MR) is 76.2 cm³/mol. The summed E-state index contributed by atoms with van der Waals surface area (Å²) in [5.41, 5.74) is 0.721. The van der Waals surface area contributed by atoms with Gasteiger partial charge < -0.3 is 10.6 Å². The first-order chi connectivity index (χ1) is 9.19. The minimum Gasteiger partial charge on any atom is -0.357 e. The number of benzene rings is 1. The second kappa shape index (κ2) is 8.07. The van der Waals surface area contributed by atoms with Gasteiger partial charge in [-0.15, -0.1) is 0 Å². The molecule has 0 aromatic heterocycles. The van der Waals surface area contributed by atoms with Crippen LogP contribution in [0.1, 0.15) is 25.8 Å². The first kappa shape index (κ1) is 14.9. The summed E-state index contributed by atoms with van der Waals surface area (Å²) in [6.07, 6.45) is 0.996. The summed E-state index contributed by atoms with van der Waals surface area (Å²) in [7, 11) is 0. The van der Waals surface area contributed by atoms with Crippen molar-refractivity contribution in [2.45, 2.75) is 26.8 Å². The van der Waals surface area contributed by atoms with Gasteiger partial charge in [-0.1, -0.05) is 25.1 Å². The monoisotopic (exact) mass is 264 g/mol. The van der Waals surface area contributed by atoms with Crippen LogP contribution in [0.25, 0.3) is 0 Å². The summed E-state index contributed by atoms with van der Waals surface area (Å²) in [4.78, 5) is 14.9. The lowest BCUT2D eigenvalue weighted by Gasteiger charge is -2.10. The van der Waals surface area contributed by atoms with E-state index in [0.29, 0.717) is 11.5 Å². The molecule has 0 fully saturated rings. The summed E-state index contributed by atoms with van der Waals surface area (Å²) in [6, 6.07) is 6.67. The molecule has 0 unspecified atom stereocenters. The fraction of sp³-hybridized carbons (Fsp3) is 0.462. The van der Waals surface area contributed by atoms with Crippen LogP contribution in [-0.4, -0.2) is 24.0 Å². The maximum atomic E-state index is 10.9. The highest BCUT2D eigenvalue weighted by molar-refractivity contribution is 5.79. The SMILES string of the molecule is CCCNC(=NCc1ccccc1[N+](=O)[O-])NCC. The van der Waals surface area contributed by atoms with Crippen LogP contribution in [0.5, 0.6) is 0 Å². The zero-order valence-electron chi connectivity index (χ0n) is 11.3. The third-order valence-electron chi connectivity index (χ3n) is 2.48. The molecule has 0 atom stereocenters. The molecule has 2 N–H and O–H groups in total. The minimum absolute atomic E-state index is 0.109. The van der Waals surface area contributed by atoms with Crippen molar-refractivity contribution in [1.82, 2.24) is 10.6 Å². The largest absolute Gasteiger partial charge is 0.357 e. The fourth-order valence-electron chi connectivity index (χ4n) is 1.57. The molecule has 0 saturated carbocycles. The average Bonchev–Trinajstić information content (AvgIpc) is 2.42. The molecule has 6 heteroatoms. The first-order valence-electron chi connectivity index (χ1n) is 6.43. The van der Waals surface area contributed by atoms with Crippen molar-refractivity contribution in [3.8, 4) is 0 Å². The van der Waals surface area contributed by atoms with E-state index in [0.717, 1.165) is 19.5 Å². The Morgan fingerprint density at radius 2 is 2.05 bits per heavy atom. The Bertz CT molecular complexity index is 446. The van der Waals surface area contributed by atoms with Gasteiger partial charge in [0.1, 0.15) is 0 Å². The molecule has 104 valence electrons. The molecule has 0 bridgehead atoms. The van der Waals surface area contributed by atoms with Crippen molar-refractivity contribution < 1.29 is 4.92 Å². The number of para-hydroxylation sites is 1. The second-order valence-corrected chi connectivity index (χ2v) is 4.01. The highest BCUT2D eigenvalue weighted by Gasteiger charge is 2.11. The van der Waals surface area contributed by atoms with Crippen molar-refractivity contribution >= 4 is 11.6 Å². The number of nitro groups is 1. The first-order valence-corrected chi connectivity index (χ1v) is 6.43. The van der Waals surface area contributed by atoms with Gasteiger partial charge in [-0.2, -0.15) is 0 Å². The Hall–Kier alpha value is -2.11. The van der Waals surface area contributed by atoms with Crippen LogP contribution in [0, 0.1) is 10.1 Å². The number of guanidine groups is 1. The normalized spacial score (nSPS) is 11.2. The number of hydrogen-bond acceptors (Lipinski definition) is 3. The van der Waals surface area contributed by atoms with E-state index in [9.17, 15) is 10.1 Å². The molecule has 1 rings (SSSR count). The molecule has 0 aliphatic rings. The maximum absolute atomic E-state index is 10.9. The van der Waals surface area contributed by atoms with Gasteiger partial charge in [-0.3, -0.25) is 10.1 Å². The molecular formula is C13H20N4O2. The number of nitrogens with one attached hydrogen (secondary N) is 2. The fourth-order valence-corrected chi connectivity index (χ4v) is 1.57. The van der Waals surface area contributed by atoms with Crippen LogP contribution in [0.4, 0.5) is 5.69 Å². The standard InChI is InChI=1S/C13H20N4O2/c1-3-9-15-13(14-4-2)16-10-11-7-5-6-8-12(11)17(18)19/h5-8H,3-4,9-10H2,1-2H3,(H2,14,15,16). The van der Waals surface area contributed by atoms with Crippen LogP contribution in [0.3, 0.4) is 0 Å². The van der Waals surface area contributed by atoms with Crippen LogP contribution < -0.4 is 10.6 Å². The lowest BCUT2D eigenvalue weighted by atomic mass is 10.2. The number of nitro benzene ring substituents is 1. The van der Waals surface area contributed by atoms with E-state index in [4.69, 9.17) is 0 Å². The van der Waals surface area contributed by atoms with Crippen LogP contribution >= 0.6 is 0 Å². The second-order valence-electron chi connectivity index (χ2n) is 4.01. The molecule has 19 heavy (non-hydrogen) atoms. The lowest BCUT2D eigenvalue weighted by Crippen LogP contribution is -2.37. The van der Waals surface area contributed by atoms with Crippen molar-refractivity contribution in [2.75, 3.05) is 13.1 Å². The summed E-state index contributed by atoms with van der Waals surface area (Å²) in [6.45, 7) is 5.91. The van der Waals surface area contributed by atoms with E-state index >= 15 is 0 Å². The highest BCUT2D eigenvalue weighted by Crippen LogP contribution is 2.18. The quantitative estimate of drug-likeness (QED) is 0.357. The summed E-state index contributed by atoms with van der Waals surface area (Å²) in [5, 5.41) is 17.2. The third-order valence-corrected chi connectivity index (χ3v) is 2.48. The van der Waals surface area contributed by atoms with E-state index in [1.54, 1.807) is 18.2 Å². The van der Waals surface area contributed by atoms with E-state index in [1.807, 2.05) is 6.92 Å². The van der Waals surface area contributed by atoms with Crippen LogP contribution in [0.15, 0.2) is 29.3 Å². The van der Waals surface area contributed by atoms with Gasteiger partial charge in [0, 0.05) is 19.2 Å². The van der Waals surface area contributed by atoms with Crippen molar-refractivity contribution in [1.29, 1.82) is 0 Å². The molecule has 0 spiro atoms. The average molecular weight is 264 g/mol. The maximum Gasteiger partial charge on any atom is 0.274 e. The van der Waals surface area contributed by atoms with Gasteiger partial charge in [0.15, 0.2) is 5.96 Å². The molecule has 0 saturated heterocycles. The number of aliphatic imine (C=N–C) groups is 1. The molecule has 1 aromatic rings. The molecule has 1 aromatic carbocycles. The Kier molecular flexibility index (Phi) is 6.35. The Balaban J connectivity index is 2.79. The highest BCUT2D eigenvalue weighted by atomic mass is 16.6. The van der Waals surface area contributed by atoms with Crippen molar-refractivity contribution in [2.24, 2.45) is 4.99 Å². The van der Waals surface area contributed by atoms with Gasteiger partial charge in [0.2, 0.25) is 0 Å². The predicted octanol–water partition coefficient (Wildman–Crippen LogP) is 2.06. The van der Waals surface area contributed by atoms with Crippen LogP contribution in [0.2, 0.25) is 0 Å². The van der Waals surface area contributed by atoms with E-state index in [-0.39, 0.29) is 17.2 Å². The molecule has 0 heterocycles. The number of nitrogens with zero attached hydrogens (tertiary/aromatic N) is 2. The van der Waals surface area contributed by atoms with Gasteiger partial charge >= 0.3 is 0 Å². The molecule has 6 nitrogen and oxygen atoms in total. The zero-order valence-corrected chi connectivity index (χ0v) is 11.3. The summed E-state index contributed by atoms with van der Waals surface area (Å²) in [5.74, 6) is 0.683. The molecule has 0 aliphatic heterocycles.